The lowest BCUT2D eigenvalue weighted by Gasteiger charge is -2.30. The highest BCUT2D eigenvalue weighted by Crippen LogP contribution is 2.42. The van der Waals surface area contributed by atoms with E-state index >= 15 is 0 Å². The highest BCUT2D eigenvalue weighted by atomic mass is 31.2. The summed E-state index contributed by atoms with van der Waals surface area (Å²) >= 11 is 0. The average molecular weight is 316 g/mol. The second kappa shape index (κ2) is 5.83. The minimum atomic E-state index is -3.22. The van der Waals surface area contributed by atoms with Crippen LogP contribution >= 0.6 is 7.59 Å². The van der Waals surface area contributed by atoms with Crippen LogP contribution in [0.2, 0.25) is 0 Å². The Kier molecular flexibility index (Phi) is 3.88. The van der Waals surface area contributed by atoms with Crippen LogP contribution in [-0.4, -0.2) is 13.1 Å². The Bertz CT molecular complexity index is 735. The fraction of sp³-hybridized carbons (Fsp3) is 0.133. The quantitative estimate of drug-likeness (QED) is 0.744. The lowest BCUT2D eigenvalue weighted by Crippen LogP contribution is -2.41. The fourth-order valence-corrected chi connectivity index (χ4v) is 3.82. The largest absolute Gasteiger partial charge is 0.331 e. The molecule has 0 bridgehead atoms. The molecule has 1 unspecified atom stereocenters. The highest BCUT2D eigenvalue weighted by molar-refractivity contribution is 7.62. The molecule has 1 aliphatic heterocycles. The molecule has 0 saturated carbocycles. The summed E-state index contributed by atoms with van der Waals surface area (Å²) in [5.74, 6) is 0. The summed E-state index contributed by atoms with van der Waals surface area (Å²) in [7, 11) is -1.58. The van der Waals surface area contributed by atoms with E-state index in [1.165, 1.54) is 4.90 Å². The first kappa shape index (κ1) is 14.6. The maximum atomic E-state index is 12.8. The summed E-state index contributed by atoms with van der Waals surface area (Å²) in [4.78, 5) is 13.7. The number of fused-ring (bicyclic) bond motifs is 1. The van der Waals surface area contributed by atoms with Gasteiger partial charge in [-0.3, -0.25) is 14.6 Å². The number of anilines is 2. The Labute approximate surface area is 129 Å². The molecule has 3 rings (SSSR count). The maximum absolute atomic E-state index is 12.8. The number of rotatable bonds is 2. The van der Waals surface area contributed by atoms with Crippen LogP contribution in [0, 0.1) is 0 Å². The van der Waals surface area contributed by atoms with Crippen molar-refractivity contribution in [3.8, 4) is 0 Å². The van der Waals surface area contributed by atoms with E-state index in [4.69, 9.17) is 0 Å². The summed E-state index contributed by atoms with van der Waals surface area (Å²) in [5, 5.41) is 8.33. The Morgan fingerprint density at radius 3 is 2.59 bits per heavy atom. The Hall–Kier alpha value is -2.30. The van der Waals surface area contributed by atoms with E-state index in [0.29, 0.717) is 6.54 Å². The van der Waals surface area contributed by atoms with Crippen molar-refractivity contribution in [2.75, 3.05) is 17.0 Å². The van der Waals surface area contributed by atoms with Gasteiger partial charge in [-0.15, -0.1) is 0 Å². The molecule has 0 fully saturated rings. The smallest absolute Gasteiger partial charge is 0.308 e. The van der Waals surface area contributed by atoms with Gasteiger partial charge in [0.25, 0.3) is 0 Å². The molecule has 6 nitrogen and oxygen atoms in total. The molecule has 2 amide bonds. The molecule has 1 heterocycles. The minimum Gasteiger partial charge on any atom is -0.308 e. The van der Waals surface area contributed by atoms with Gasteiger partial charge in [-0.05, 0) is 23.8 Å². The molecule has 114 valence electrons. The molecule has 0 saturated heterocycles. The molecule has 3 N–H and O–H groups in total. The number of carbonyl (C=O) groups is 1. The molecule has 22 heavy (non-hydrogen) atoms. The van der Waals surface area contributed by atoms with E-state index < -0.39 is 13.6 Å². The summed E-state index contributed by atoms with van der Waals surface area (Å²) in [6.45, 7) is 0.440. The topological polar surface area (TPSA) is 73.5 Å². The van der Waals surface area contributed by atoms with Gasteiger partial charge >= 0.3 is 13.6 Å². The second-order valence-corrected chi connectivity index (χ2v) is 7.01. The predicted molar refractivity (Wildman–Crippen MR) is 87.9 cm³/mol. The van der Waals surface area contributed by atoms with Crippen molar-refractivity contribution in [1.82, 2.24) is 10.2 Å². The zero-order chi connectivity index (χ0) is 15.6. The molecule has 2 aromatic rings. The van der Waals surface area contributed by atoms with Gasteiger partial charge in [-0.25, -0.2) is 9.88 Å². The van der Waals surface area contributed by atoms with Gasteiger partial charge in [0.2, 0.25) is 0 Å². The van der Waals surface area contributed by atoms with E-state index in [2.05, 4.69) is 15.3 Å². The van der Waals surface area contributed by atoms with Crippen molar-refractivity contribution in [1.29, 1.82) is 0 Å². The van der Waals surface area contributed by atoms with Crippen LogP contribution in [-0.2, 0) is 11.1 Å². The van der Waals surface area contributed by atoms with Gasteiger partial charge in [-0.1, -0.05) is 36.4 Å². The van der Waals surface area contributed by atoms with Crippen molar-refractivity contribution in [2.45, 2.75) is 6.54 Å². The zero-order valence-electron chi connectivity index (χ0n) is 12.1. The van der Waals surface area contributed by atoms with Crippen LogP contribution in [0.15, 0.2) is 54.6 Å². The fourth-order valence-electron chi connectivity index (χ4n) is 2.24. The van der Waals surface area contributed by atoms with Crippen LogP contribution in [0.4, 0.5) is 16.2 Å². The minimum absolute atomic E-state index is 0.436. The van der Waals surface area contributed by atoms with Crippen LogP contribution in [0.3, 0.4) is 0 Å². The normalized spacial score (nSPS) is 19.7. The summed E-state index contributed by atoms with van der Waals surface area (Å²) in [6, 6.07) is 16.3. The number of benzene rings is 2. The standard InChI is InChI=1S/C15H17N4O2P/c1-19(13-8-3-2-4-9-13)15(20)18-22(21)16-11-12-7-5-6-10-14(12)17-22/h2-10H,11H2,1H3,(H3,16,17,18,20,21). The molecular formula is C15H17N4O2P. The lowest BCUT2D eigenvalue weighted by molar-refractivity contribution is 0.252. The molecule has 1 atom stereocenters. The third-order valence-electron chi connectivity index (χ3n) is 3.49. The van der Waals surface area contributed by atoms with Gasteiger partial charge in [0, 0.05) is 25.0 Å². The number of nitrogens with zero attached hydrogens (tertiary/aromatic N) is 1. The van der Waals surface area contributed by atoms with E-state index in [-0.39, 0.29) is 0 Å². The van der Waals surface area contributed by atoms with Crippen LogP contribution in [0.25, 0.3) is 0 Å². The second-order valence-electron chi connectivity index (χ2n) is 5.02. The molecule has 1 aliphatic rings. The van der Waals surface area contributed by atoms with Gasteiger partial charge in [-0.2, -0.15) is 0 Å². The van der Waals surface area contributed by atoms with E-state index in [1.807, 2.05) is 54.6 Å². The first-order valence-corrected chi connectivity index (χ1v) is 8.60. The van der Waals surface area contributed by atoms with Crippen molar-refractivity contribution < 1.29 is 9.36 Å². The first-order chi connectivity index (χ1) is 10.6. The van der Waals surface area contributed by atoms with Gasteiger partial charge in [0.1, 0.15) is 0 Å². The monoisotopic (exact) mass is 316 g/mol. The average Bonchev–Trinajstić information content (AvgIpc) is 2.54. The molecule has 0 radical (unpaired) electrons. The van der Waals surface area contributed by atoms with E-state index in [1.54, 1.807) is 7.05 Å². The van der Waals surface area contributed by atoms with Crippen molar-refractivity contribution >= 4 is 25.0 Å². The number of amides is 2. The van der Waals surface area contributed by atoms with Crippen molar-refractivity contribution in [3.63, 3.8) is 0 Å². The molecule has 0 aliphatic carbocycles. The number of hydrogen-bond acceptors (Lipinski definition) is 2. The number of nitrogens with one attached hydrogen (secondary N) is 3. The summed E-state index contributed by atoms with van der Waals surface area (Å²) < 4.78 is 12.8. The lowest BCUT2D eigenvalue weighted by atomic mass is 10.2. The Morgan fingerprint density at radius 1 is 1.14 bits per heavy atom. The predicted octanol–water partition coefficient (Wildman–Crippen LogP) is 3.16. The van der Waals surface area contributed by atoms with Gasteiger partial charge in [0.05, 0.1) is 0 Å². The van der Waals surface area contributed by atoms with Crippen LogP contribution in [0.1, 0.15) is 5.56 Å². The number of urea groups is 1. The Balaban J connectivity index is 1.73. The third kappa shape index (κ3) is 2.98. The van der Waals surface area contributed by atoms with Crippen molar-refractivity contribution in [2.24, 2.45) is 0 Å². The molecule has 2 aromatic carbocycles. The highest BCUT2D eigenvalue weighted by Gasteiger charge is 2.30. The van der Waals surface area contributed by atoms with E-state index in [0.717, 1.165) is 16.9 Å². The van der Waals surface area contributed by atoms with Crippen LogP contribution in [0.5, 0.6) is 0 Å². The zero-order valence-corrected chi connectivity index (χ0v) is 13.0. The maximum Gasteiger partial charge on any atom is 0.331 e. The SMILES string of the molecule is CN(C(=O)NP1(=O)NCc2ccccc2N1)c1ccccc1. The van der Waals surface area contributed by atoms with Crippen molar-refractivity contribution in [3.05, 3.63) is 60.2 Å². The van der Waals surface area contributed by atoms with Gasteiger partial charge < -0.3 is 5.09 Å². The van der Waals surface area contributed by atoms with Crippen LogP contribution < -0.4 is 20.2 Å². The molecule has 0 aromatic heterocycles. The van der Waals surface area contributed by atoms with E-state index in [9.17, 15) is 9.36 Å². The summed E-state index contributed by atoms with van der Waals surface area (Å²) in [6.07, 6.45) is 0. The number of para-hydroxylation sites is 2. The molecular weight excluding hydrogens is 299 g/mol. The number of carbonyl (C=O) groups excluding carboxylic acids is 1. The van der Waals surface area contributed by atoms with Gasteiger partial charge in [0.15, 0.2) is 0 Å². The summed E-state index contributed by atoms with van der Waals surface area (Å²) in [5.41, 5.74) is 2.51. The Morgan fingerprint density at radius 2 is 1.82 bits per heavy atom. The first-order valence-electron chi connectivity index (χ1n) is 6.90. The molecule has 0 spiro atoms. The molecule has 7 heteroatoms. The third-order valence-corrected chi connectivity index (χ3v) is 5.15. The number of hydrogen-bond donors (Lipinski definition) is 3.